The van der Waals surface area contributed by atoms with Crippen molar-refractivity contribution in [3.8, 4) is 5.88 Å². The minimum absolute atomic E-state index is 0.378. The number of nitrogens with zero attached hydrogens (tertiary/aromatic N) is 2. The fourth-order valence-electron chi connectivity index (χ4n) is 0.909. The predicted molar refractivity (Wildman–Crippen MR) is 50.5 cm³/mol. The van der Waals surface area contributed by atoms with Gasteiger partial charge in [0.2, 0.25) is 5.88 Å². The molecule has 1 aromatic heterocycles. The van der Waals surface area contributed by atoms with Crippen LogP contribution < -0.4 is 10.2 Å². The molecule has 1 aromatic rings. The molecule has 0 spiro atoms. The molecule has 0 saturated heterocycles. The summed E-state index contributed by atoms with van der Waals surface area (Å²) in [5.74, 6) is -0.282. The van der Waals surface area contributed by atoms with Gasteiger partial charge in [-0.2, -0.15) is 0 Å². The van der Waals surface area contributed by atoms with Crippen molar-refractivity contribution in [2.75, 3.05) is 19.2 Å². The average molecular weight is 213 g/mol. The summed E-state index contributed by atoms with van der Waals surface area (Å²) < 4.78 is 4.95. The highest BCUT2D eigenvalue weighted by atomic mass is 16.7. The van der Waals surface area contributed by atoms with Crippen molar-refractivity contribution in [3.05, 3.63) is 11.9 Å². The van der Waals surface area contributed by atoms with Gasteiger partial charge in [0.15, 0.2) is 12.4 Å². The molecule has 1 rings (SSSR count). The number of carboxylic acid groups (broad SMARTS) is 1. The minimum atomic E-state index is -1.07. The zero-order valence-electron chi connectivity index (χ0n) is 8.35. The monoisotopic (exact) mass is 213 g/mol. The highest BCUT2D eigenvalue weighted by molar-refractivity contribution is 5.68. The third kappa shape index (κ3) is 3.06. The first-order valence-corrected chi connectivity index (χ1v) is 4.10. The molecule has 15 heavy (non-hydrogen) atoms. The molecule has 0 aliphatic heterocycles. The molecule has 0 aromatic carbocycles. The zero-order valence-corrected chi connectivity index (χ0v) is 8.35. The van der Waals surface area contributed by atoms with Crippen LogP contribution in [0.1, 0.15) is 5.56 Å². The minimum Gasteiger partial charge on any atom is -0.481 e. The number of carboxylic acids is 1. The smallest absolute Gasteiger partial charge is 0.332 e. The number of anilines is 1. The Hall–Kier alpha value is -1.89. The summed E-state index contributed by atoms with van der Waals surface area (Å²) in [5.41, 5.74) is 3.05. The fraction of sp³-hybridized carbons (Fsp3) is 0.375. The summed E-state index contributed by atoms with van der Waals surface area (Å²) >= 11 is 0. The Morgan fingerprint density at radius 1 is 1.60 bits per heavy atom. The van der Waals surface area contributed by atoms with Crippen LogP contribution in [-0.2, 0) is 9.63 Å². The largest absolute Gasteiger partial charge is 0.481 e. The van der Waals surface area contributed by atoms with Crippen LogP contribution in [0.5, 0.6) is 5.88 Å². The van der Waals surface area contributed by atoms with Crippen LogP contribution in [-0.4, -0.2) is 34.8 Å². The summed E-state index contributed by atoms with van der Waals surface area (Å²) in [7, 11) is 1.48. The Labute approximate surface area is 86.0 Å². The summed E-state index contributed by atoms with van der Waals surface area (Å²) in [5, 5.41) is 8.34. The number of methoxy groups -OCH3 is 1. The van der Waals surface area contributed by atoms with Crippen LogP contribution in [0.2, 0.25) is 0 Å². The van der Waals surface area contributed by atoms with Crippen molar-refractivity contribution in [3.63, 3.8) is 0 Å². The van der Waals surface area contributed by atoms with Gasteiger partial charge in [0.05, 0.1) is 12.7 Å². The van der Waals surface area contributed by atoms with Gasteiger partial charge in [0, 0.05) is 0 Å². The van der Waals surface area contributed by atoms with Gasteiger partial charge in [-0.05, 0) is 6.92 Å². The van der Waals surface area contributed by atoms with Crippen LogP contribution >= 0.6 is 0 Å². The van der Waals surface area contributed by atoms with Gasteiger partial charge in [0.25, 0.3) is 0 Å². The van der Waals surface area contributed by atoms with E-state index in [1.54, 1.807) is 6.92 Å². The first kappa shape index (κ1) is 11.2. The molecule has 82 valence electrons. The summed E-state index contributed by atoms with van der Waals surface area (Å²) in [6.07, 6.45) is 1.29. The Balaban J connectivity index is 2.64. The molecule has 0 atom stereocenters. The first-order valence-electron chi connectivity index (χ1n) is 4.10. The van der Waals surface area contributed by atoms with E-state index in [1.807, 2.05) is 0 Å². The standard InChI is InChI=1S/C8H11N3O4/c1-5-7(11-15-3-6(12)13)9-4-10-8(5)14-2/h4H,3H2,1-2H3,(H,12,13)(H,9,10,11). The van der Waals surface area contributed by atoms with E-state index in [4.69, 9.17) is 9.84 Å². The number of rotatable bonds is 5. The second-order valence-electron chi connectivity index (χ2n) is 2.64. The van der Waals surface area contributed by atoms with E-state index in [9.17, 15) is 4.79 Å². The highest BCUT2D eigenvalue weighted by Gasteiger charge is 2.07. The molecule has 0 saturated carbocycles. The van der Waals surface area contributed by atoms with Gasteiger partial charge >= 0.3 is 5.97 Å². The number of ether oxygens (including phenoxy) is 1. The lowest BCUT2D eigenvalue weighted by atomic mass is 10.3. The topological polar surface area (TPSA) is 93.6 Å². The molecule has 1 heterocycles. The van der Waals surface area contributed by atoms with Gasteiger partial charge in [-0.1, -0.05) is 0 Å². The maximum absolute atomic E-state index is 10.2. The summed E-state index contributed by atoms with van der Waals surface area (Å²) in [6, 6.07) is 0. The van der Waals surface area contributed by atoms with E-state index in [1.165, 1.54) is 13.4 Å². The zero-order chi connectivity index (χ0) is 11.3. The number of hydrogen-bond acceptors (Lipinski definition) is 6. The van der Waals surface area contributed by atoms with Gasteiger partial charge in [0.1, 0.15) is 6.33 Å². The highest BCUT2D eigenvalue weighted by Crippen LogP contribution is 2.19. The molecule has 2 N–H and O–H groups in total. The van der Waals surface area contributed by atoms with Gasteiger partial charge in [-0.3, -0.25) is 4.84 Å². The summed E-state index contributed by atoms with van der Waals surface area (Å²) in [6.45, 7) is 1.27. The molecule has 7 nitrogen and oxygen atoms in total. The second kappa shape index (κ2) is 5.11. The van der Waals surface area contributed by atoms with Crippen molar-refractivity contribution in [2.45, 2.75) is 6.92 Å². The maximum Gasteiger partial charge on any atom is 0.332 e. The molecule has 0 fully saturated rings. The molecule has 0 radical (unpaired) electrons. The third-order valence-corrected chi connectivity index (χ3v) is 1.60. The number of nitrogens with one attached hydrogen (secondary N) is 1. The lowest BCUT2D eigenvalue weighted by Gasteiger charge is -2.08. The molecule has 0 bridgehead atoms. The van der Waals surface area contributed by atoms with Gasteiger partial charge in [-0.25, -0.2) is 20.2 Å². The van der Waals surface area contributed by atoms with Crippen LogP contribution in [0, 0.1) is 6.92 Å². The first-order chi connectivity index (χ1) is 7.15. The number of hydrogen-bond donors (Lipinski definition) is 2. The molecule has 0 amide bonds. The molecule has 0 aliphatic rings. The number of carbonyl (C=O) groups is 1. The maximum atomic E-state index is 10.2. The van der Waals surface area contributed by atoms with Crippen LogP contribution in [0.3, 0.4) is 0 Å². The van der Waals surface area contributed by atoms with E-state index in [0.717, 1.165) is 0 Å². The van der Waals surface area contributed by atoms with E-state index >= 15 is 0 Å². The predicted octanol–water partition coefficient (Wildman–Crippen LogP) is 0.222. The van der Waals surface area contributed by atoms with Gasteiger partial charge in [-0.15, -0.1) is 0 Å². The molecule has 7 heteroatoms. The van der Waals surface area contributed by atoms with E-state index in [2.05, 4.69) is 20.3 Å². The van der Waals surface area contributed by atoms with Crippen molar-refractivity contribution < 1.29 is 19.5 Å². The molecule has 0 unspecified atom stereocenters. The van der Waals surface area contributed by atoms with Crippen LogP contribution in [0.15, 0.2) is 6.33 Å². The lowest BCUT2D eigenvalue weighted by molar-refractivity contribution is -0.141. The SMILES string of the molecule is COc1ncnc(NOCC(=O)O)c1C. The fourth-order valence-corrected chi connectivity index (χ4v) is 0.909. The quantitative estimate of drug-likeness (QED) is 0.675. The van der Waals surface area contributed by atoms with E-state index in [-0.39, 0.29) is 0 Å². The number of aliphatic carboxylic acids is 1. The Bertz CT molecular complexity index is 356. The van der Waals surface area contributed by atoms with Crippen molar-refractivity contribution >= 4 is 11.8 Å². The third-order valence-electron chi connectivity index (χ3n) is 1.60. The van der Waals surface area contributed by atoms with Gasteiger partial charge < -0.3 is 9.84 Å². The van der Waals surface area contributed by atoms with Crippen LogP contribution in [0.25, 0.3) is 0 Å². The van der Waals surface area contributed by atoms with Crippen molar-refractivity contribution in [1.82, 2.24) is 9.97 Å². The lowest BCUT2D eigenvalue weighted by Crippen LogP contribution is -2.13. The van der Waals surface area contributed by atoms with E-state index in [0.29, 0.717) is 17.3 Å². The Morgan fingerprint density at radius 3 is 2.93 bits per heavy atom. The Morgan fingerprint density at radius 2 is 2.33 bits per heavy atom. The molecular weight excluding hydrogens is 202 g/mol. The van der Waals surface area contributed by atoms with Crippen molar-refractivity contribution in [1.29, 1.82) is 0 Å². The molecule has 0 aliphatic carbocycles. The Kier molecular flexibility index (Phi) is 3.81. The molecular formula is C8H11N3O4. The second-order valence-corrected chi connectivity index (χ2v) is 2.64. The summed E-state index contributed by atoms with van der Waals surface area (Å²) in [4.78, 5) is 22.6. The average Bonchev–Trinajstić information content (AvgIpc) is 2.20. The van der Waals surface area contributed by atoms with E-state index < -0.39 is 12.6 Å². The van der Waals surface area contributed by atoms with Crippen LogP contribution in [0.4, 0.5) is 5.82 Å². The van der Waals surface area contributed by atoms with Crippen molar-refractivity contribution in [2.24, 2.45) is 0 Å². The normalized spacial score (nSPS) is 9.73. The number of aromatic nitrogens is 2.